The molecular formula is C15H16N2O4. The summed E-state index contributed by atoms with van der Waals surface area (Å²) in [4.78, 5) is 39.4. The fraction of sp³-hybridized carbons (Fsp3) is 0.400. The number of benzene rings is 1. The summed E-state index contributed by atoms with van der Waals surface area (Å²) >= 11 is 0. The molecule has 2 aliphatic rings. The third kappa shape index (κ3) is 2.16. The maximum Gasteiger partial charge on any atom is 0.328 e. The third-order valence-corrected chi connectivity index (χ3v) is 4.09. The van der Waals surface area contributed by atoms with E-state index in [-0.39, 0.29) is 11.9 Å². The van der Waals surface area contributed by atoms with Crippen LogP contribution in [0.5, 0.6) is 0 Å². The molecule has 2 saturated heterocycles. The summed E-state index contributed by atoms with van der Waals surface area (Å²) in [5.74, 6) is -0.727. The number of fused-ring (bicyclic) bond motifs is 2. The lowest BCUT2D eigenvalue weighted by molar-refractivity contribution is -0.146. The molecular weight excluding hydrogens is 272 g/mol. The lowest BCUT2D eigenvalue weighted by Gasteiger charge is -2.28. The first-order valence-electron chi connectivity index (χ1n) is 6.90. The van der Waals surface area contributed by atoms with Gasteiger partial charge in [0.1, 0.15) is 6.04 Å². The van der Waals surface area contributed by atoms with Gasteiger partial charge in [-0.05, 0) is 25.0 Å². The summed E-state index contributed by atoms with van der Waals surface area (Å²) < 4.78 is 4.73. The molecule has 2 unspecified atom stereocenters. The second-order valence-corrected chi connectivity index (χ2v) is 5.25. The van der Waals surface area contributed by atoms with Crippen molar-refractivity contribution in [2.24, 2.45) is 0 Å². The quantitative estimate of drug-likeness (QED) is 0.769. The number of piperidine rings is 1. The molecule has 2 atom stereocenters. The van der Waals surface area contributed by atoms with E-state index in [0.717, 1.165) is 0 Å². The van der Waals surface area contributed by atoms with Gasteiger partial charge in [0, 0.05) is 12.1 Å². The lowest BCUT2D eigenvalue weighted by atomic mass is 10.0. The first-order chi connectivity index (χ1) is 10.1. The molecule has 3 rings (SSSR count). The molecule has 2 fully saturated rings. The van der Waals surface area contributed by atoms with Crippen LogP contribution in [0.3, 0.4) is 0 Å². The standard InChI is InChI=1S/C15H16N2O4/c1-21-14(19)12-8-7-11-9-16(12)15(20)17(11)13(18)10-5-3-2-4-6-10/h2-6,11-12H,7-9H2,1H3. The van der Waals surface area contributed by atoms with Gasteiger partial charge < -0.3 is 9.64 Å². The zero-order valence-corrected chi connectivity index (χ0v) is 11.7. The third-order valence-electron chi connectivity index (χ3n) is 4.09. The summed E-state index contributed by atoms with van der Waals surface area (Å²) in [7, 11) is 1.31. The summed E-state index contributed by atoms with van der Waals surface area (Å²) in [5.41, 5.74) is 0.481. The molecule has 3 amide bonds. The van der Waals surface area contributed by atoms with Gasteiger partial charge in [-0.25, -0.2) is 9.59 Å². The number of carbonyl (C=O) groups is 3. The highest BCUT2D eigenvalue weighted by molar-refractivity contribution is 6.06. The van der Waals surface area contributed by atoms with Gasteiger partial charge in [0.15, 0.2) is 0 Å². The van der Waals surface area contributed by atoms with Gasteiger partial charge in [-0.15, -0.1) is 0 Å². The minimum absolute atomic E-state index is 0.161. The molecule has 2 aliphatic heterocycles. The van der Waals surface area contributed by atoms with Gasteiger partial charge in [-0.2, -0.15) is 0 Å². The zero-order valence-electron chi connectivity index (χ0n) is 11.7. The molecule has 1 aromatic carbocycles. The van der Waals surface area contributed by atoms with E-state index in [0.29, 0.717) is 24.9 Å². The first kappa shape index (κ1) is 13.6. The predicted octanol–water partition coefficient (Wildman–Crippen LogP) is 1.27. The Morgan fingerprint density at radius 3 is 2.57 bits per heavy atom. The Balaban J connectivity index is 1.85. The molecule has 0 radical (unpaired) electrons. The SMILES string of the molecule is COC(=O)C1CCC2CN1C(=O)N2C(=O)c1ccccc1. The normalized spacial score (nSPS) is 24.1. The number of esters is 1. The van der Waals surface area contributed by atoms with Crippen molar-refractivity contribution >= 4 is 17.9 Å². The number of ether oxygens (including phenoxy) is 1. The van der Waals surface area contributed by atoms with Crippen molar-refractivity contribution in [2.45, 2.75) is 24.9 Å². The maximum absolute atomic E-state index is 12.5. The number of nitrogens with zero attached hydrogens (tertiary/aromatic N) is 2. The fourth-order valence-corrected chi connectivity index (χ4v) is 3.02. The van der Waals surface area contributed by atoms with Gasteiger partial charge >= 0.3 is 12.0 Å². The Hall–Kier alpha value is -2.37. The van der Waals surface area contributed by atoms with Crippen molar-refractivity contribution in [2.75, 3.05) is 13.7 Å². The number of amides is 3. The van der Waals surface area contributed by atoms with E-state index < -0.39 is 18.0 Å². The van der Waals surface area contributed by atoms with Crippen molar-refractivity contribution in [1.29, 1.82) is 0 Å². The molecule has 110 valence electrons. The van der Waals surface area contributed by atoms with Crippen molar-refractivity contribution in [3.05, 3.63) is 35.9 Å². The topological polar surface area (TPSA) is 66.9 Å². The van der Waals surface area contributed by atoms with Gasteiger partial charge in [-0.1, -0.05) is 18.2 Å². The van der Waals surface area contributed by atoms with Crippen molar-refractivity contribution in [3.63, 3.8) is 0 Å². The molecule has 0 saturated carbocycles. The van der Waals surface area contributed by atoms with Crippen molar-refractivity contribution in [3.8, 4) is 0 Å². The average Bonchev–Trinajstić information content (AvgIpc) is 2.78. The minimum atomic E-state index is -0.577. The number of methoxy groups -OCH3 is 1. The summed E-state index contributed by atoms with van der Waals surface area (Å²) in [6.07, 6.45) is 1.15. The second kappa shape index (κ2) is 5.20. The minimum Gasteiger partial charge on any atom is -0.467 e. The number of urea groups is 1. The summed E-state index contributed by atoms with van der Waals surface area (Å²) in [6.45, 7) is 0.400. The van der Waals surface area contributed by atoms with Crippen molar-refractivity contribution < 1.29 is 19.1 Å². The Labute approximate surface area is 122 Å². The summed E-state index contributed by atoms with van der Waals surface area (Å²) in [6, 6.07) is 7.57. The number of hydrogen-bond acceptors (Lipinski definition) is 4. The van der Waals surface area contributed by atoms with Crippen LogP contribution in [-0.4, -0.2) is 53.4 Å². The molecule has 6 heteroatoms. The Kier molecular flexibility index (Phi) is 3.37. The van der Waals surface area contributed by atoms with Crippen LogP contribution in [0.4, 0.5) is 4.79 Å². The van der Waals surface area contributed by atoms with Crippen LogP contribution in [0.2, 0.25) is 0 Å². The highest BCUT2D eigenvalue weighted by Crippen LogP contribution is 2.31. The number of rotatable bonds is 2. The fourth-order valence-electron chi connectivity index (χ4n) is 3.02. The van der Waals surface area contributed by atoms with Gasteiger partial charge in [0.2, 0.25) is 0 Å². The highest BCUT2D eigenvalue weighted by Gasteiger charge is 2.49. The van der Waals surface area contributed by atoms with Crippen LogP contribution in [-0.2, 0) is 9.53 Å². The number of hydrogen-bond donors (Lipinski definition) is 0. The molecule has 21 heavy (non-hydrogen) atoms. The number of carbonyl (C=O) groups excluding carboxylic acids is 3. The molecule has 2 heterocycles. The molecule has 6 nitrogen and oxygen atoms in total. The molecule has 2 bridgehead atoms. The van der Waals surface area contributed by atoms with E-state index in [1.54, 1.807) is 24.3 Å². The van der Waals surface area contributed by atoms with E-state index in [4.69, 9.17) is 4.74 Å². The smallest absolute Gasteiger partial charge is 0.328 e. The molecule has 0 spiro atoms. The Morgan fingerprint density at radius 2 is 1.90 bits per heavy atom. The van der Waals surface area contributed by atoms with E-state index in [2.05, 4.69) is 0 Å². The number of imide groups is 1. The van der Waals surface area contributed by atoms with Crippen molar-refractivity contribution in [1.82, 2.24) is 9.80 Å². The predicted molar refractivity (Wildman–Crippen MR) is 73.5 cm³/mol. The van der Waals surface area contributed by atoms with Gasteiger partial charge in [0.25, 0.3) is 5.91 Å². The molecule has 1 aromatic rings. The monoisotopic (exact) mass is 288 g/mol. The van der Waals surface area contributed by atoms with E-state index in [1.807, 2.05) is 6.07 Å². The van der Waals surface area contributed by atoms with Crippen LogP contribution >= 0.6 is 0 Å². The van der Waals surface area contributed by atoms with Crippen LogP contribution in [0.25, 0.3) is 0 Å². The second-order valence-electron chi connectivity index (χ2n) is 5.25. The zero-order chi connectivity index (χ0) is 15.0. The summed E-state index contributed by atoms with van der Waals surface area (Å²) in [5, 5.41) is 0. The van der Waals surface area contributed by atoms with Crippen LogP contribution in [0, 0.1) is 0 Å². The Bertz CT molecular complexity index is 587. The maximum atomic E-state index is 12.5. The van der Waals surface area contributed by atoms with Crippen LogP contribution in [0.15, 0.2) is 30.3 Å². The van der Waals surface area contributed by atoms with Crippen LogP contribution in [0.1, 0.15) is 23.2 Å². The largest absolute Gasteiger partial charge is 0.467 e. The van der Waals surface area contributed by atoms with E-state index >= 15 is 0 Å². The average molecular weight is 288 g/mol. The van der Waals surface area contributed by atoms with Crippen LogP contribution < -0.4 is 0 Å². The van der Waals surface area contributed by atoms with E-state index in [1.165, 1.54) is 16.9 Å². The molecule has 0 aliphatic carbocycles. The Morgan fingerprint density at radius 1 is 1.19 bits per heavy atom. The molecule has 0 N–H and O–H groups in total. The van der Waals surface area contributed by atoms with E-state index in [9.17, 15) is 14.4 Å². The highest BCUT2D eigenvalue weighted by atomic mass is 16.5. The molecule has 0 aromatic heterocycles. The lowest BCUT2D eigenvalue weighted by Crippen LogP contribution is -2.45. The first-order valence-corrected chi connectivity index (χ1v) is 6.90. The van der Waals surface area contributed by atoms with Gasteiger partial charge in [-0.3, -0.25) is 9.69 Å². The van der Waals surface area contributed by atoms with Gasteiger partial charge in [0.05, 0.1) is 13.2 Å².